The maximum atomic E-state index is 14.4. The van der Waals surface area contributed by atoms with Gasteiger partial charge in [0.1, 0.15) is 0 Å². The molecule has 0 amide bonds. The first-order valence-electron chi connectivity index (χ1n) is 18.1. The number of nitrogens with zero attached hydrogens (tertiary/aromatic N) is 2. The van der Waals surface area contributed by atoms with Gasteiger partial charge in [-0.1, -0.05) is 77.8 Å². The molecule has 4 saturated carbocycles. The molecule has 250 valence electrons. The Morgan fingerprint density at radius 1 is 0.935 bits per heavy atom. The predicted octanol–water partition coefficient (Wildman–Crippen LogP) is 9.11. The van der Waals surface area contributed by atoms with Crippen molar-refractivity contribution in [3.05, 3.63) is 47.4 Å². The largest absolute Gasteiger partial charge is 0.455 e. The van der Waals surface area contributed by atoms with E-state index >= 15 is 0 Å². The van der Waals surface area contributed by atoms with E-state index in [1.54, 1.807) is 5.57 Å². The number of hydrogen-bond acceptors (Lipinski definition) is 6. The van der Waals surface area contributed by atoms with Gasteiger partial charge in [-0.3, -0.25) is 4.79 Å². The summed E-state index contributed by atoms with van der Waals surface area (Å²) in [6, 6.07) is 7.99. The average molecular weight is 629 g/mol. The molecule has 1 heterocycles. The van der Waals surface area contributed by atoms with E-state index in [0.29, 0.717) is 35.5 Å². The fraction of sp³-hybridized carbons (Fsp3) is 0.725. The lowest BCUT2D eigenvalue weighted by Crippen LogP contribution is -2.65. The van der Waals surface area contributed by atoms with Crippen LogP contribution in [0.1, 0.15) is 118 Å². The van der Waals surface area contributed by atoms with Gasteiger partial charge in [-0.25, -0.2) is 0 Å². The van der Waals surface area contributed by atoms with Gasteiger partial charge in [0.25, 0.3) is 5.89 Å². The van der Waals surface area contributed by atoms with E-state index in [2.05, 4.69) is 64.7 Å². The zero-order chi connectivity index (χ0) is 32.9. The normalized spacial score (nSPS) is 42.9. The van der Waals surface area contributed by atoms with Crippen LogP contribution >= 0.6 is 0 Å². The van der Waals surface area contributed by atoms with Gasteiger partial charge in [0.2, 0.25) is 5.89 Å². The summed E-state index contributed by atoms with van der Waals surface area (Å²) < 4.78 is 12.1. The summed E-state index contributed by atoms with van der Waals surface area (Å²) in [5, 5.41) is 19.5. The van der Waals surface area contributed by atoms with Crippen molar-refractivity contribution < 1.29 is 19.1 Å². The predicted molar refractivity (Wildman–Crippen MR) is 179 cm³/mol. The molecule has 2 aromatic rings. The third-order valence-electron chi connectivity index (χ3n) is 15.5. The standard InChI is InChI=1S/C40H56N2O4/c1-24-9-11-27(12-10-24)34-42-41-32(46-34)23-45-35(44)40-20-15-25(2)26(3)33(40)28-13-14-30-37(6)18-17-31(43)36(4,5)29(37)16-19-39(30,8)38(28,7)21-22-40/h9-13,25-26,29-31,33,43H,14-23H2,1-8H3/t25-,26+,29+,30-,31+,33+,37+,38-,39-,40+/m1/s1. The van der Waals surface area contributed by atoms with Gasteiger partial charge in [-0.05, 0) is 128 Å². The fourth-order valence-electron chi connectivity index (χ4n) is 12.2. The number of esters is 1. The number of aliphatic hydroxyl groups excluding tert-OH is 1. The smallest absolute Gasteiger partial charge is 0.313 e. The van der Waals surface area contributed by atoms with E-state index in [0.717, 1.165) is 50.5 Å². The average Bonchev–Trinajstić information content (AvgIpc) is 3.49. The highest BCUT2D eigenvalue weighted by Crippen LogP contribution is 2.75. The van der Waals surface area contributed by atoms with Crippen LogP contribution in [-0.4, -0.2) is 27.4 Å². The van der Waals surface area contributed by atoms with Crippen molar-refractivity contribution in [2.24, 2.45) is 56.7 Å². The van der Waals surface area contributed by atoms with E-state index in [9.17, 15) is 9.90 Å². The molecule has 0 aliphatic heterocycles. The van der Waals surface area contributed by atoms with Gasteiger partial charge in [-0.15, -0.1) is 10.2 Å². The highest BCUT2D eigenvalue weighted by molar-refractivity contribution is 5.79. The SMILES string of the molecule is Cc1ccc(-c2nnc(COC(=O)[C@]34CC[C@@H](C)[C@H](C)[C@H]3C3=CC[C@@H]5[C@@]6(C)CC[C@H](O)C(C)(C)[C@@H]6CC[C@@]5(C)[C@]3(C)CC4)o2)cc1. The number of hydrogen-bond donors (Lipinski definition) is 1. The number of aromatic nitrogens is 2. The number of carbonyl (C=O) groups is 1. The minimum Gasteiger partial charge on any atom is -0.455 e. The number of fused-ring (bicyclic) bond motifs is 7. The van der Waals surface area contributed by atoms with Crippen molar-refractivity contribution >= 4 is 5.97 Å². The molecule has 0 unspecified atom stereocenters. The second kappa shape index (κ2) is 10.8. The van der Waals surface area contributed by atoms with Gasteiger partial charge in [0, 0.05) is 5.56 Å². The Hall–Kier alpha value is -2.47. The molecule has 1 aromatic carbocycles. The van der Waals surface area contributed by atoms with Crippen molar-refractivity contribution in [2.75, 3.05) is 0 Å². The molecule has 46 heavy (non-hydrogen) atoms. The van der Waals surface area contributed by atoms with E-state index in [1.807, 2.05) is 31.2 Å². The molecular formula is C40H56N2O4. The Labute approximate surface area is 276 Å². The Morgan fingerprint density at radius 3 is 2.41 bits per heavy atom. The molecule has 4 fully saturated rings. The van der Waals surface area contributed by atoms with Crippen LogP contribution in [0.3, 0.4) is 0 Å². The van der Waals surface area contributed by atoms with Gasteiger partial charge < -0.3 is 14.3 Å². The first-order valence-corrected chi connectivity index (χ1v) is 18.1. The van der Waals surface area contributed by atoms with E-state index in [1.165, 1.54) is 18.4 Å². The summed E-state index contributed by atoms with van der Waals surface area (Å²) in [5.74, 6) is 2.96. The summed E-state index contributed by atoms with van der Waals surface area (Å²) >= 11 is 0. The Kier molecular flexibility index (Phi) is 7.51. The molecule has 6 nitrogen and oxygen atoms in total. The number of aliphatic hydroxyl groups is 1. The van der Waals surface area contributed by atoms with Crippen LogP contribution in [0.4, 0.5) is 0 Å². The molecule has 0 radical (unpaired) electrons. The van der Waals surface area contributed by atoms with Gasteiger partial charge in [-0.2, -0.15) is 0 Å². The van der Waals surface area contributed by atoms with Gasteiger partial charge >= 0.3 is 5.97 Å². The second-order valence-electron chi connectivity index (χ2n) is 17.6. The van der Waals surface area contributed by atoms with Crippen LogP contribution in [0.2, 0.25) is 0 Å². The lowest BCUT2D eigenvalue weighted by atomic mass is 9.33. The zero-order valence-corrected chi connectivity index (χ0v) is 29.5. The Balaban J connectivity index is 1.18. The van der Waals surface area contributed by atoms with Crippen LogP contribution in [0.15, 0.2) is 40.3 Å². The van der Waals surface area contributed by atoms with E-state index < -0.39 is 5.41 Å². The van der Waals surface area contributed by atoms with E-state index in [-0.39, 0.29) is 46.3 Å². The maximum absolute atomic E-state index is 14.4. The summed E-state index contributed by atoms with van der Waals surface area (Å²) in [5.41, 5.74) is 3.42. The minimum atomic E-state index is -0.516. The van der Waals surface area contributed by atoms with Crippen LogP contribution in [0.25, 0.3) is 11.5 Å². The highest BCUT2D eigenvalue weighted by Gasteiger charge is 2.69. The molecule has 7 rings (SSSR count). The number of carbonyl (C=O) groups excluding carboxylic acids is 1. The molecule has 5 aliphatic rings. The molecule has 0 saturated heterocycles. The van der Waals surface area contributed by atoms with Crippen molar-refractivity contribution in [3.8, 4) is 11.5 Å². The molecule has 0 spiro atoms. The fourth-order valence-corrected chi connectivity index (χ4v) is 12.2. The third kappa shape index (κ3) is 4.40. The van der Waals surface area contributed by atoms with Crippen molar-refractivity contribution in [3.63, 3.8) is 0 Å². The quantitative estimate of drug-likeness (QED) is 0.269. The van der Waals surface area contributed by atoms with Crippen LogP contribution in [0, 0.1) is 63.6 Å². The van der Waals surface area contributed by atoms with Crippen LogP contribution in [0.5, 0.6) is 0 Å². The number of allylic oxidation sites excluding steroid dienone is 2. The van der Waals surface area contributed by atoms with Crippen molar-refractivity contribution in [1.29, 1.82) is 0 Å². The topological polar surface area (TPSA) is 85.5 Å². The Morgan fingerprint density at radius 2 is 1.67 bits per heavy atom. The monoisotopic (exact) mass is 628 g/mol. The molecule has 0 bridgehead atoms. The first kappa shape index (κ1) is 32.1. The van der Waals surface area contributed by atoms with Crippen molar-refractivity contribution in [1.82, 2.24) is 10.2 Å². The summed E-state index contributed by atoms with van der Waals surface area (Å²) in [6.45, 7) is 19.2. The first-order chi connectivity index (χ1) is 21.7. The molecular weight excluding hydrogens is 572 g/mol. The Bertz CT molecular complexity index is 1530. The summed E-state index contributed by atoms with van der Waals surface area (Å²) in [4.78, 5) is 14.4. The maximum Gasteiger partial charge on any atom is 0.313 e. The molecule has 10 atom stereocenters. The lowest BCUT2D eigenvalue weighted by Gasteiger charge is -2.71. The number of benzene rings is 1. The minimum absolute atomic E-state index is 0.00752. The lowest BCUT2D eigenvalue weighted by molar-refractivity contribution is -0.207. The molecule has 6 heteroatoms. The zero-order valence-electron chi connectivity index (χ0n) is 29.5. The van der Waals surface area contributed by atoms with E-state index in [4.69, 9.17) is 9.15 Å². The summed E-state index contributed by atoms with van der Waals surface area (Å²) in [7, 11) is 0. The molecule has 1 aromatic heterocycles. The number of rotatable bonds is 4. The highest BCUT2D eigenvalue weighted by atomic mass is 16.5. The number of ether oxygens (including phenoxy) is 1. The molecule has 5 aliphatic carbocycles. The van der Waals surface area contributed by atoms with Gasteiger partial charge in [0.05, 0.1) is 11.5 Å². The number of aryl methyl sites for hydroxylation is 1. The molecule has 1 N–H and O–H groups in total. The van der Waals surface area contributed by atoms with Crippen LogP contribution < -0.4 is 0 Å². The third-order valence-corrected chi connectivity index (χ3v) is 15.5. The van der Waals surface area contributed by atoms with Gasteiger partial charge in [0.15, 0.2) is 6.61 Å². The van der Waals surface area contributed by atoms with Crippen LogP contribution in [-0.2, 0) is 16.1 Å². The summed E-state index contributed by atoms with van der Waals surface area (Å²) in [6.07, 6.45) is 11.7. The van der Waals surface area contributed by atoms with Crippen molar-refractivity contribution in [2.45, 2.75) is 126 Å². The second-order valence-corrected chi connectivity index (χ2v) is 17.6.